The zero-order chi connectivity index (χ0) is 47.8. The second-order valence-corrected chi connectivity index (χ2v) is 22.4. The number of carboxylic acids is 1. The molecule has 8 rings (SSSR count). The molecule has 0 spiro atoms. The van der Waals surface area contributed by atoms with E-state index in [9.17, 15) is 60.7 Å². The summed E-state index contributed by atoms with van der Waals surface area (Å²) in [6.45, 7) is 14.4. The van der Waals surface area contributed by atoms with Crippen molar-refractivity contribution in [3.63, 3.8) is 0 Å². The van der Waals surface area contributed by atoms with Crippen molar-refractivity contribution in [2.24, 2.45) is 50.2 Å². The van der Waals surface area contributed by atoms with Crippen LogP contribution in [0.25, 0.3) is 0 Å². The van der Waals surface area contributed by atoms with Gasteiger partial charge >= 0.3 is 11.9 Å². The molecule has 18 heteroatoms. The number of carboxylic acid groups (broad SMARTS) is 1. The van der Waals surface area contributed by atoms with E-state index < -0.39 is 138 Å². The Morgan fingerprint density at radius 2 is 1.55 bits per heavy atom. The van der Waals surface area contributed by atoms with Crippen LogP contribution in [0.1, 0.15) is 100 Å². The van der Waals surface area contributed by atoms with E-state index in [1.807, 2.05) is 20.8 Å². The van der Waals surface area contributed by atoms with Crippen LogP contribution in [0, 0.1) is 50.2 Å². The zero-order valence-electron chi connectivity index (χ0n) is 38.7. The maximum Gasteiger partial charge on any atom is 0.335 e. The molecule has 0 unspecified atom stereocenters. The van der Waals surface area contributed by atoms with Gasteiger partial charge in [0.05, 0.1) is 37.4 Å². The quantitative estimate of drug-likeness (QED) is 0.0692. The number of fused-ring (bicyclic) bond motifs is 9. The summed E-state index contributed by atoms with van der Waals surface area (Å²) in [6, 6.07) is 0. The summed E-state index contributed by atoms with van der Waals surface area (Å²) >= 11 is 0. The van der Waals surface area contributed by atoms with E-state index in [4.69, 9.17) is 28.4 Å². The summed E-state index contributed by atoms with van der Waals surface area (Å²) in [5, 5.41) is 112. The van der Waals surface area contributed by atoms with Crippen molar-refractivity contribution in [3.05, 3.63) is 23.3 Å². The third-order valence-corrected chi connectivity index (χ3v) is 19.1. The van der Waals surface area contributed by atoms with E-state index in [1.54, 1.807) is 19.9 Å². The lowest BCUT2D eigenvalue weighted by Gasteiger charge is -2.72. The maximum absolute atomic E-state index is 13.1. The highest BCUT2D eigenvalue weighted by atomic mass is 16.8. The molecule has 3 aliphatic heterocycles. The monoisotopic (exact) mass is 924 g/mol. The predicted octanol–water partition coefficient (Wildman–Crippen LogP) is 0.650. The number of rotatable bonds is 8. The number of allylic oxidation sites excluding steroid dienone is 3. The molecule has 0 radical (unpaired) electrons. The number of carbonyl (C=O) groups excluding carboxylic acids is 1. The van der Waals surface area contributed by atoms with Crippen molar-refractivity contribution < 1.29 is 89.1 Å². The highest BCUT2D eigenvalue weighted by molar-refractivity contribution is 5.87. The van der Waals surface area contributed by atoms with Gasteiger partial charge in [0, 0.05) is 16.4 Å². The van der Waals surface area contributed by atoms with Crippen LogP contribution >= 0.6 is 0 Å². The second kappa shape index (κ2) is 16.5. The molecule has 368 valence electrons. The number of aliphatic hydroxyl groups excluding tert-OH is 8. The SMILES string of the molecule is C/C=C(\C)C(=O)O[C@H]1[C@H](O)[C@]2(CO)[C@@H](O)C[C@]3(C)C(=CC[C@@H]4[C@@]5(C)CC[C@H](O[C@@H]6O[C@H](C(=O)O)[C@H]7O[C@]8(O)[C@H](O[C@@H]7[C@H]6O)O[C@H](CO)[C@@H](O)[C@@H]8O)[C@@](C)(CO)[C@@H]5CC[C@]43C)[C@@H]2CC1(C)C. The molecule has 3 saturated heterocycles. The molecule has 22 atom stereocenters. The van der Waals surface area contributed by atoms with Gasteiger partial charge in [0.25, 0.3) is 0 Å². The van der Waals surface area contributed by atoms with Gasteiger partial charge in [-0.15, -0.1) is 0 Å². The predicted molar refractivity (Wildman–Crippen MR) is 225 cm³/mol. The van der Waals surface area contributed by atoms with Gasteiger partial charge in [-0.2, -0.15) is 0 Å². The molecular weight excluding hydrogens is 852 g/mol. The minimum Gasteiger partial charge on any atom is -0.479 e. The highest BCUT2D eigenvalue weighted by Crippen LogP contribution is 2.76. The number of esters is 1. The fourth-order valence-electron chi connectivity index (χ4n) is 14.9. The van der Waals surface area contributed by atoms with E-state index in [2.05, 4.69) is 26.8 Å². The van der Waals surface area contributed by atoms with Crippen LogP contribution in [0.5, 0.6) is 0 Å². The average molecular weight is 925 g/mol. The van der Waals surface area contributed by atoms with Gasteiger partial charge in [0.15, 0.2) is 12.4 Å². The Kier molecular flexibility index (Phi) is 12.5. The van der Waals surface area contributed by atoms with Crippen LogP contribution in [0.3, 0.4) is 0 Å². The summed E-state index contributed by atoms with van der Waals surface area (Å²) in [4.78, 5) is 25.7. The first kappa shape index (κ1) is 49.3. The molecule has 0 aromatic heterocycles. The molecule has 0 aromatic rings. The Labute approximate surface area is 379 Å². The summed E-state index contributed by atoms with van der Waals surface area (Å²) in [5.41, 5.74) is -2.87. The minimum absolute atomic E-state index is 0.0505. The topological polar surface area (TPSA) is 292 Å². The first-order valence-corrected chi connectivity index (χ1v) is 23.3. The van der Waals surface area contributed by atoms with Crippen molar-refractivity contribution in [2.75, 3.05) is 19.8 Å². The van der Waals surface area contributed by atoms with E-state index in [1.165, 1.54) is 0 Å². The van der Waals surface area contributed by atoms with Crippen molar-refractivity contribution in [3.8, 4) is 0 Å². The number of carbonyl (C=O) groups is 2. The molecule has 18 nitrogen and oxygen atoms in total. The van der Waals surface area contributed by atoms with Crippen LogP contribution in [0.4, 0.5) is 0 Å². The first-order valence-electron chi connectivity index (χ1n) is 23.3. The largest absolute Gasteiger partial charge is 0.479 e. The number of ether oxygens (including phenoxy) is 6. The number of hydrogen-bond donors (Lipinski definition) is 10. The van der Waals surface area contributed by atoms with Gasteiger partial charge in [-0.1, -0.05) is 59.3 Å². The van der Waals surface area contributed by atoms with Crippen LogP contribution in [-0.2, 0) is 38.0 Å². The molecule has 10 N–H and O–H groups in total. The third kappa shape index (κ3) is 6.78. The molecule has 5 aliphatic carbocycles. The van der Waals surface area contributed by atoms with Gasteiger partial charge in [0.2, 0.25) is 12.1 Å². The van der Waals surface area contributed by atoms with Crippen LogP contribution in [-0.4, -0.2) is 168 Å². The molecule has 65 heavy (non-hydrogen) atoms. The lowest BCUT2D eigenvalue weighted by molar-refractivity contribution is -0.488. The zero-order valence-corrected chi connectivity index (χ0v) is 38.7. The molecule has 0 aromatic carbocycles. The van der Waals surface area contributed by atoms with Crippen molar-refractivity contribution >= 4 is 11.9 Å². The summed E-state index contributed by atoms with van der Waals surface area (Å²) in [5.74, 6) is -5.39. The molecule has 7 fully saturated rings. The van der Waals surface area contributed by atoms with E-state index >= 15 is 0 Å². The number of aliphatic carboxylic acids is 1. The molecule has 3 heterocycles. The Morgan fingerprint density at radius 1 is 0.862 bits per heavy atom. The second-order valence-electron chi connectivity index (χ2n) is 22.4. The minimum atomic E-state index is -2.78. The number of aliphatic hydroxyl groups is 9. The Hall–Kier alpha value is -2.14. The molecule has 4 saturated carbocycles. The van der Waals surface area contributed by atoms with Crippen LogP contribution < -0.4 is 0 Å². The van der Waals surface area contributed by atoms with E-state index in [0.29, 0.717) is 44.1 Å². The average Bonchev–Trinajstić information content (AvgIpc) is 3.25. The lowest BCUT2D eigenvalue weighted by atomic mass is 9.33. The van der Waals surface area contributed by atoms with E-state index in [-0.39, 0.29) is 35.7 Å². The third-order valence-electron chi connectivity index (χ3n) is 19.1. The molecule has 8 aliphatic rings. The molecular formula is C47H72O18. The summed E-state index contributed by atoms with van der Waals surface area (Å²) in [6.07, 6.45) is -12.2. The Balaban J connectivity index is 1.06. The summed E-state index contributed by atoms with van der Waals surface area (Å²) in [7, 11) is 0. The van der Waals surface area contributed by atoms with Gasteiger partial charge in [-0.05, 0) is 92.8 Å². The first-order chi connectivity index (χ1) is 30.3. The summed E-state index contributed by atoms with van der Waals surface area (Å²) < 4.78 is 35.5. The Morgan fingerprint density at radius 3 is 2.17 bits per heavy atom. The van der Waals surface area contributed by atoms with Gasteiger partial charge < -0.3 is 79.5 Å². The van der Waals surface area contributed by atoms with Crippen molar-refractivity contribution in [1.82, 2.24) is 0 Å². The normalized spacial score (nSPS) is 53.7. The van der Waals surface area contributed by atoms with Crippen LogP contribution in [0.2, 0.25) is 0 Å². The highest BCUT2D eigenvalue weighted by Gasteiger charge is 2.74. The maximum atomic E-state index is 13.1. The Bertz CT molecular complexity index is 1930. The molecule has 0 amide bonds. The lowest BCUT2D eigenvalue weighted by Crippen LogP contribution is -2.77. The van der Waals surface area contributed by atoms with Crippen LogP contribution in [0.15, 0.2) is 23.3 Å². The van der Waals surface area contributed by atoms with Crippen molar-refractivity contribution in [1.29, 1.82) is 0 Å². The van der Waals surface area contributed by atoms with Gasteiger partial charge in [-0.3, -0.25) is 0 Å². The smallest absolute Gasteiger partial charge is 0.335 e. The fourth-order valence-corrected chi connectivity index (χ4v) is 14.9. The van der Waals surface area contributed by atoms with Crippen molar-refractivity contribution in [2.45, 2.75) is 186 Å². The fraction of sp³-hybridized carbons (Fsp3) is 0.872. The van der Waals surface area contributed by atoms with Gasteiger partial charge in [-0.25, -0.2) is 9.59 Å². The van der Waals surface area contributed by atoms with E-state index in [0.717, 1.165) is 5.57 Å². The standard InChI is InChI=1S/C47H72O18/c1-9-21(2)38(58)64-36-35(55)46(20-50)23(16-41(36,3)4)22-10-11-26-42(5)14-13-28(43(6,19-49)25(42)12-15-44(26,7)45(22,8)17-27(46)51)61-39-30(53)31-32(33(62-39)37(56)57)65-47(59)34(54)29(52)24(18-48)60-40(47)63-31/h9-10,23-36,39-40,48-55,59H,11-20H2,1-8H3,(H,56,57)/b21-9+/t23-,24+,25+,26+,27-,28-,29+,30+,31+,32-,33-,34-,35-,36-,39+,40-,42-,43-,44+,45+,46-,47-/m0/s1. The van der Waals surface area contributed by atoms with Gasteiger partial charge in [0.1, 0.15) is 48.8 Å². The number of hydrogen-bond acceptors (Lipinski definition) is 17. The molecule has 0 bridgehead atoms.